The third kappa shape index (κ3) is 7.84. The predicted molar refractivity (Wildman–Crippen MR) is 70.3 cm³/mol. The normalized spacial score (nSPS) is 11.6. The highest BCUT2D eigenvalue weighted by atomic mass is 14.9. The molecule has 0 saturated carbocycles. The molecule has 0 aliphatic carbocycles. The van der Waals surface area contributed by atoms with Crippen LogP contribution in [0.3, 0.4) is 0 Å². The monoisotopic (exact) mass is 213 g/mol. The lowest BCUT2D eigenvalue weighted by Gasteiger charge is -2.25. The lowest BCUT2D eigenvalue weighted by molar-refractivity contribution is 0.352. The van der Waals surface area contributed by atoms with Gasteiger partial charge in [-0.1, -0.05) is 53.4 Å². The molecule has 0 saturated heterocycles. The van der Waals surface area contributed by atoms with E-state index in [0.29, 0.717) is 0 Å². The first-order valence-electron chi connectivity index (χ1n) is 7.04. The van der Waals surface area contributed by atoms with Gasteiger partial charge in [-0.15, -0.1) is 0 Å². The number of hydrogen-bond acceptors (Lipinski definition) is 1. The Hall–Kier alpha value is -0.0400. The summed E-state index contributed by atoms with van der Waals surface area (Å²) in [7, 11) is 0. The van der Waals surface area contributed by atoms with Crippen molar-refractivity contribution < 1.29 is 0 Å². The average Bonchev–Trinajstić information content (AvgIpc) is 2.19. The van der Waals surface area contributed by atoms with E-state index in [4.69, 9.17) is 0 Å². The van der Waals surface area contributed by atoms with Gasteiger partial charge in [-0.3, -0.25) is 0 Å². The molecule has 1 N–H and O–H groups in total. The second-order valence-electron chi connectivity index (χ2n) is 4.72. The summed E-state index contributed by atoms with van der Waals surface area (Å²) in [6, 6.07) is 1.53. The molecule has 1 nitrogen and oxygen atoms in total. The van der Waals surface area contributed by atoms with E-state index >= 15 is 0 Å². The largest absolute Gasteiger partial charge is 0.311 e. The van der Waals surface area contributed by atoms with Crippen LogP contribution >= 0.6 is 0 Å². The van der Waals surface area contributed by atoms with E-state index in [-0.39, 0.29) is 0 Å². The summed E-state index contributed by atoms with van der Waals surface area (Å²) in [6.07, 6.45) is 10.6. The second-order valence-corrected chi connectivity index (χ2v) is 4.72. The fraction of sp³-hybridized carbons (Fsp3) is 1.00. The lowest BCUT2D eigenvalue weighted by atomic mass is 10.0. The average molecular weight is 213 g/mol. The molecule has 0 fully saturated rings. The molecule has 92 valence electrons. The van der Waals surface area contributed by atoms with Gasteiger partial charge in [0, 0.05) is 12.1 Å². The van der Waals surface area contributed by atoms with Gasteiger partial charge < -0.3 is 5.32 Å². The van der Waals surface area contributed by atoms with Gasteiger partial charge in [-0.05, 0) is 25.7 Å². The van der Waals surface area contributed by atoms with E-state index in [1.165, 1.54) is 51.4 Å². The molecule has 0 spiro atoms. The van der Waals surface area contributed by atoms with Crippen molar-refractivity contribution >= 4 is 0 Å². The highest BCUT2D eigenvalue weighted by Crippen LogP contribution is 2.11. The van der Waals surface area contributed by atoms with Crippen molar-refractivity contribution in [3.05, 3.63) is 0 Å². The maximum atomic E-state index is 3.86. The van der Waals surface area contributed by atoms with Crippen molar-refractivity contribution in [2.75, 3.05) is 0 Å². The molecule has 0 radical (unpaired) electrons. The smallest absolute Gasteiger partial charge is 0.00694 e. The number of nitrogens with one attached hydrogen (secondary N) is 1. The van der Waals surface area contributed by atoms with Crippen LogP contribution in [0.4, 0.5) is 0 Å². The summed E-state index contributed by atoms with van der Waals surface area (Å²) in [4.78, 5) is 0. The molecule has 0 heterocycles. The first-order valence-corrected chi connectivity index (χ1v) is 7.04. The molecule has 0 unspecified atom stereocenters. The number of rotatable bonds is 10. The zero-order chi connectivity index (χ0) is 11.5. The van der Waals surface area contributed by atoms with Crippen molar-refractivity contribution in [1.82, 2.24) is 5.32 Å². The summed E-state index contributed by atoms with van der Waals surface area (Å²) in [6.45, 7) is 9.16. The van der Waals surface area contributed by atoms with Crippen molar-refractivity contribution in [1.29, 1.82) is 0 Å². The van der Waals surface area contributed by atoms with Crippen molar-refractivity contribution in [2.24, 2.45) is 0 Å². The lowest BCUT2D eigenvalue weighted by Crippen LogP contribution is -2.38. The summed E-state index contributed by atoms with van der Waals surface area (Å²) in [5, 5.41) is 3.86. The standard InChI is InChI=1S/C14H31N/c1-5-9-13(10-6-2)15-14(11-7-3)12-8-4/h13-15H,5-12H2,1-4H3. The first-order chi connectivity index (χ1) is 7.28. The summed E-state index contributed by atoms with van der Waals surface area (Å²) >= 11 is 0. The Labute approximate surface area is 97.0 Å². The van der Waals surface area contributed by atoms with Gasteiger partial charge in [-0.25, -0.2) is 0 Å². The van der Waals surface area contributed by atoms with Crippen molar-refractivity contribution in [3.63, 3.8) is 0 Å². The van der Waals surface area contributed by atoms with Crippen LogP contribution in [0.2, 0.25) is 0 Å². The van der Waals surface area contributed by atoms with Crippen molar-refractivity contribution in [2.45, 2.75) is 91.1 Å². The van der Waals surface area contributed by atoms with Gasteiger partial charge in [0.05, 0.1) is 0 Å². The first kappa shape index (κ1) is 15.0. The SMILES string of the molecule is CCCC(CCC)NC(CCC)CCC. The van der Waals surface area contributed by atoms with Crippen LogP contribution in [-0.4, -0.2) is 12.1 Å². The maximum absolute atomic E-state index is 3.86. The van der Waals surface area contributed by atoms with E-state index in [1.54, 1.807) is 0 Å². The van der Waals surface area contributed by atoms with Crippen LogP contribution in [0.25, 0.3) is 0 Å². The molecular formula is C14H31N. The van der Waals surface area contributed by atoms with Gasteiger partial charge in [0.1, 0.15) is 0 Å². The van der Waals surface area contributed by atoms with E-state index < -0.39 is 0 Å². The minimum atomic E-state index is 0.767. The molecule has 0 aromatic carbocycles. The van der Waals surface area contributed by atoms with Crippen LogP contribution in [0.15, 0.2) is 0 Å². The highest BCUT2D eigenvalue weighted by Gasteiger charge is 2.12. The summed E-state index contributed by atoms with van der Waals surface area (Å²) in [5.74, 6) is 0. The zero-order valence-electron chi connectivity index (χ0n) is 11.3. The predicted octanol–water partition coefficient (Wildman–Crippen LogP) is 4.51. The third-order valence-electron chi connectivity index (χ3n) is 3.02. The molecule has 0 amide bonds. The van der Waals surface area contributed by atoms with Gasteiger partial charge >= 0.3 is 0 Å². The van der Waals surface area contributed by atoms with Crippen LogP contribution in [0.5, 0.6) is 0 Å². The van der Waals surface area contributed by atoms with E-state index in [9.17, 15) is 0 Å². The molecule has 0 atom stereocenters. The minimum Gasteiger partial charge on any atom is -0.311 e. The molecular weight excluding hydrogens is 182 g/mol. The molecule has 0 rings (SSSR count). The zero-order valence-corrected chi connectivity index (χ0v) is 11.3. The Morgan fingerprint density at radius 2 is 0.867 bits per heavy atom. The Balaban J connectivity index is 3.93. The fourth-order valence-electron chi connectivity index (χ4n) is 2.35. The molecule has 15 heavy (non-hydrogen) atoms. The van der Waals surface area contributed by atoms with Gasteiger partial charge in [0.25, 0.3) is 0 Å². The van der Waals surface area contributed by atoms with Crippen LogP contribution in [-0.2, 0) is 0 Å². The fourth-order valence-corrected chi connectivity index (χ4v) is 2.35. The highest BCUT2D eigenvalue weighted by molar-refractivity contribution is 4.73. The topological polar surface area (TPSA) is 12.0 Å². The molecule has 0 aromatic heterocycles. The van der Waals surface area contributed by atoms with Crippen LogP contribution < -0.4 is 5.32 Å². The van der Waals surface area contributed by atoms with E-state index in [0.717, 1.165) is 12.1 Å². The Morgan fingerprint density at radius 1 is 0.600 bits per heavy atom. The van der Waals surface area contributed by atoms with Crippen molar-refractivity contribution in [3.8, 4) is 0 Å². The molecule has 0 aromatic rings. The minimum absolute atomic E-state index is 0.767. The third-order valence-corrected chi connectivity index (χ3v) is 3.02. The Morgan fingerprint density at radius 3 is 1.07 bits per heavy atom. The molecule has 0 aliphatic heterocycles. The Bertz CT molecular complexity index is 96.5. The van der Waals surface area contributed by atoms with Gasteiger partial charge in [0.15, 0.2) is 0 Å². The second kappa shape index (κ2) is 10.5. The summed E-state index contributed by atoms with van der Waals surface area (Å²) < 4.78 is 0. The van der Waals surface area contributed by atoms with Crippen LogP contribution in [0, 0.1) is 0 Å². The number of hydrogen-bond donors (Lipinski definition) is 1. The molecule has 0 aliphatic rings. The molecule has 1 heteroatoms. The van der Waals surface area contributed by atoms with E-state index in [1.807, 2.05) is 0 Å². The van der Waals surface area contributed by atoms with Gasteiger partial charge in [-0.2, -0.15) is 0 Å². The summed E-state index contributed by atoms with van der Waals surface area (Å²) in [5.41, 5.74) is 0. The van der Waals surface area contributed by atoms with E-state index in [2.05, 4.69) is 33.0 Å². The Kier molecular flexibility index (Phi) is 10.4. The molecule has 0 bridgehead atoms. The van der Waals surface area contributed by atoms with Gasteiger partial charge in [0.2, 0.25) is 0 Å². The quantitative estimate of drug-likeness (QED) is 0.563. The maximum Gasteiger partial charge on any atom is 0.00694 e. The van der Waals surface area contributed by atoms with Crippen LogP contribution in [0.1, 0.15) is 79.1 Å².